The summed E-state index contributed by atoms with van der Waals surface area (Å²) in [6.45, 7) is 0.768. The summed E-state index contributed by atoms with van der Waals surface area (Å²) >= 11 is 0. The lowest BCUT2D eigenvalue weighted by Gasteiger charge is -2.08. The van der Waals surface area contributed by atoms with E-state index in [9.17, 15) is 9.90 Å². The van der Waals surface area contributed by atoms with Crippen LogP contribution < -0.4 is 5.32 Å². The molecule has 17 heavy (non-hydrogen) atoms. The molecule has 0 radical (unpaired) electrons. The molecule has 0 amide bonds. The van der Waals surface area contributed by atoms with E-state index in [0.29, 0.717) is 6.42 Å². The van der Waals surface area contributed by atoms with Crippen LogP contribution in [0.1, 0.15) is 24.3 Å². The minimum absolute atomic E-state index is 0. The van der Waals surface area contributed by atoms with Crippen molar-refractivity contribution in [3.8, 4) is 5.75 Å². The first-order chi connectivity index (χ1) is 7.72. The zero-order valence-electron chi connectivity index (χ0n) is 9.60. The average Bonchev–Trinajstić information content (AvgIpc) is 2.70. The first-order valence-corrected chi connectivity index (χ1v) is 5.35. The Morgan fingerprint density at radius 2 is 2.35 bits per heavy atom. The van der Waals surface area contributed by atoms with Crippen LogP contribution in [0.25, 0.3) is 0 Å². The van der Waals surface area contributed by atoms with Crippen LogP contribution in [0.5, 0.6) is 5.75 Å². The van der Waals surface area contributed by atoms with E-state index in [1.54, 1.807) is 6.07 Å². The lowest BCUT2D eigenvalue weighted by molar-refractivity contribution is -0.140. The number of halogens is 1. The number of methoxy groups -OCH3 is 1. The fourth-order valence-corrected chi connectivity index (χ4v) is 2.08. The molecule has 5 heteroatoms. The van der Waals surface area contributed by atoms with Crippen molar-refractivity contribution in [2.75, 3.05) is 19.0 Å². The zero-order valence-corrected chi connectivity index (χ0v) is 10.4. The first-order valence-electron chi connectivity index (χ1n) is 5.35. The highest BCUT2D eigenvalue weighted by Gasteiger charge is 2.24. The monoisotopic (exact) mass is 257 g/mol. The molecule has 0 bridgehead atoms. The van der Waals surface area contributed by atoms with Crippen LogP contribution in [0.2, 0.25) is 0 Å². The molecule has 0 fully saturated rings. The third-order valence-corrected chi connectivity index (χ3v) is 2.96. The summed E-state index contributed by atoms with van der Waals surface area (Å²) in [4.78, 5) is 11.1. The van der Waals surface area contributed by atoms with Crippen LogP contribution in [-0.4, -0.2) is 24.7 Å². The number of phenolic OH excluding ortho intramolecular Hbond substituents is 1. The van der Waals surface area contributed by atoms with Gasteiger partial charge < -0.3 is 15.2 Å². The van der Waals surface area contributed by atoms with Gasteiger partial charge in [0.05, 0.1) is 12.8 Å². The Bertz CT molecular complexity index is 409. The summed E-state index contributed by atoms with van der Waals surface area (Å²) in [6.07, 6.45) is 1.16. The Labute approximate surface area is 106 Å². The van der Waals surface area contributed by atoms with Gasteiger partial charge in [0.1, 0.15) is 5.75 Å². The molecule has 0 spiro atoms. The number of benzene rings is 1. The molecule has 4 nitrogen and oxygen atoms in total. The van der Waals surface area contributed by atoms with Gasteiger partial charge in [0.2, 0.25) is 0 Å². The quantitative estimate of drug-likeness (QED) is 0.644. The van der Waals surface area contributed by atoms with Gasteiger partial charge in [0.25, 0.3) is 0 Å². The number of hydrogen-bond donors (Lipinski definition) is 2. The van der Waals surface area contributed by atoms with Crippen molar-refractivity contribution in [2.45, 2.75) is 18.8 Å². The van der Waals surface area contributed by atoms with E-state index in [4.69, 9.17) is 0 Å². The SMILES string of the molecule is COC(=O)CCC1CNc2c(O)cccc21.Cl. The molecule has 0 aromatic heterocycles. The first kappa shape index (κ1) is 13.6. The van der Waals surface area contributed by atoms with Gasteiger partial charge in [-0.15, -0.1) is 12.4 Å². The predicted octanol–water partition coefficient (Wildman–Crippen LogP) is 2.28. The van der Waals surface area contributed by atoms with E-state index in [1.165, 1.54) is 7.11 Å². The van der Waals surface area contributed by atoms with Gasteiger partial charge in [-0.25, -0.2) is 0 Å². The van der Waals surface area contributed by atoms with Gasteiger partial charge in [0, 0.05) is 18.9 Å². The van der Waals surface area contributed by atoms with Gasteiger partial charge >= 0.3 is 5.97 Å². The number of anilines is 1. The maximum atomic E-state index is 11.1. The molecule has 1 aromatic carbocycles. The normalized spacial score (nSPS) is 16.6. The number of esters is 1. The molecule has 1 atom stereocenters. The Balaban J connectivity index is 0.00000144. The van der Waals surface area contributed by atoms with Crippen molar-refractivity contribution in [2.24, 2.45) is 0 Å². The average molecular weight is 258 g/mol. The third-order valence-electron chi connectivity index (χ3n) is 2.96. The Hall–Kier alpha value is -1.42. The van der Waals surface area contributed by atoms with E-state index < -0.39 is 0 Å². The van der Waals surface area contributed by atoms with Crippen molar-refractivity contribution >= 4 is 24.1 Å². The molecular weight excluding hydrogens is 242 g/mol. The number of hydrogen-bond acceptors (Lipinski definition) is 4. The number of carbonyl (C=O) groups is 1. The molecular formula is C12H16ClNO3. The van der Waals surface area contributed by atoms with Gasteiger partial charge in [0.15, 0.2) is 0 Å². The highest BCUT2D eigenvalue weighted by atomic mass is 35.5. The molecule has 1 unspecified atom stereocenters. The molecule has 0 saturated carbocycles. The van der Waals surface area contributed by atoms with Crippen molar-refractivity contribution in [1.82, 2.24) is 0 Å². The predicted molar refractivity (Wildman–Crippen MR) is 67.8 cm³/mol. The summed E-state index contributed by atoms with van der Waals surface area (Å²) in [7, 11) is 1.40. The Morgan fingerprint density at radius 1 is 1.59 bits per heavy atom. The molecule has 94 valence electrons. The second kappa shape index (κ2) is 5.77. The van der Waals surface area contributed by atoms with Crippen LogP contribution in [0, 0.1) is 0 Å². The number of nitrogens with one attached hydrogen (secondary N) is 1. The van der Waals surface area contributed by atoms with E-state index in [2.05, 4.69) is 10.1 Å². The largest absolute Gasteiger partial charge is 0.506 e. The Kier molecular flexibility index (Phi) is 4.63. The summed E-state index contributed by atoms with van der Waals surface area (Å²) in [5, 5.41) is 12.8. The van der Waals surface area contributed by atoms with Crippen molar-refractivity contribution in [3.05, 3.63) is 23.8 Å². The van der Waals surface area contributed by atoms with Crippen molar-refractivity contribution in [3.63, 3.8) is 0 Å². The third kappa shape index (κ3) is 2.82. The van der Waals surface area contributed by atoms with Gasteiger partial charge in [-0.05, 0) is 18.1 Å². The molecule has 1 aliphatic rings. The number of ether oxygens (including phenoxy) is 1. The van der Waals surface area contributed by atoms with Gasteiger partial charge in [-0.1, -0.05) is 12.1 Å². The maximum Gasteiger partial charge on any atom is 0.305 e. The standard InChI is InChI=1S/C12H15NO3.ClH/c1-16-11(15)6-5-8-7-13-12-9(8)3-2-4-10(12)14;/h2-4,8,13-14H,5-7H2,1H3;1H. The Morgan fingerprint density at radius 3 is 3.06 bits per heavy atom. The molecule has 1 heterocycles. The number of fused-ring (bicyclic) bond motifs is 1. The second-order valence-corrected chi connectivity index (χ2v) is 3.93. The minimum Gasteiger partial charge on any atom is -0.506 e. The fourth-order valence-electron chi connectivity index (χ4n) is 2.08. The van der Waals surface area contributed by atoms with E-state index >= 15 is 0 Å². The van der Waals surface area contributed by atoms with Gasteiger partial charge in [-0.3, -0.25) is 4.79 Å². The zero-order chi connectivity index (χ0) is 11.5. The molecule has 1 aromatic rings. The van der Waals surface area contributed by atoms with E-state index in [0.717, 1.165) is 24.2 Å². The van der Waals surface area contributed by atoms with Crippen molar-refractivity contribution in [1.29, 1.82) is 0 Å². The smallest absolute Gasteiger partial charge is 0.305 e. The van der Waals surface area contributed by atoms with Crippen LogP contribution in [0.3, 0.4) is 0 Å². The molecule has 0 saturated heterocycles. The summed E-state index contributed by atoms with van der Waals surface area (Å²) in [6, 6.07) is 5.47. The number of carbonyl (C=O) groups excluding carboxylic acids is 1. The minimum atomic E-state index is -0.186. The van der Waals surface area contributed by atoms with Crippen LogP contribution >= 0.6 is 12.4 Å². The number of rotatable bonds is 3. The molecule has 0 aliphatic carbocycles. The van der Waals surface area contributed by atoms with Crippen LogP contribution in [0.4, 0.5) is 5.69 Å². The lowest BCUT2D eigenvalue weighted by atomic mass is 9.96. The number of aromatic hydroxyl groups is 1. The fraction of sp³-hybridized carbons (Fsp3) is 0.417. The second-order valence-electron chi connectivity index (χ2n) is 3.93. The summed E-state index contributed by atoms with van der Waals surface area (Å²) in [5.74, 6) is 0.368. The van der Waals surface area contributed by atoms with Crippen molar-refractivity contribution < 1.29 is 14.6 Å². The topological polar surface area (TPSA) is 58.6 Å². The highest BCUT2D eigenvalue weighted by molar-refractivity contribution is 5.85. The van der Waals surface area contributed by atoms with Gasteiger partial charge in [-0.2, -0.15) is 0 Å². The summed E-state index contributed by atoms with van der Waals surface area (Å²) in [5.41, 5.74) is 1.89. The highest BCUT2D eigenvalue weighted by Crippen LogP contribution is 2.39. The summed E-state index contributed by atoms with van der Waals surface area (Å²) < 4.78 is 4.61. The lowest BCUT2D eigenvalue weighted by Crippen LogP contribution is -2.06. The van der Waals surface area contributed by atoms with Crippen LogP contribution in [-0.2, 0) is 9.53 Å². The van der Waals surface area contributed by atoms with Crippen LogP contribution in [0.15, 0.2) is 18.2 Å². The molecule has 1 aliphatic heterocycles. The number of phenols is 1. The molecule has 2 N–H and O–H groups in total. The molecule has 2 rings (SSSR count). The maximum absolute atomic E-state index is 11.1. The van der Waals surface area contributed by atoms with E-state index in [1.807, 2.05) is 12.1 Å². The van der Waals surface area contributed by atoms with E-state index in [-0.39, 0.29) is 30.0 Å². The number of para-hydroxylation sites is 1.